The third-order valence-corrected chi connectivity index (χ3v) is 13.8. The molecule has 8 rings (SSSR count). The quantitative estimate of drug-likeness (QED) is 0.0748. The lowest BCUT2D eigenvalue weighted by Gasteiger charge is -2.28. The molecule has 0 radical (unpaired) electrons. The topological polar surface area (TPSA) is 76.3 Å². The van der Waals surface area contributed by atoms with E-state index in [9.17, 15) is 19.1 Å². The Hall–Kier alpha value is -5.49. The zero-order chi connectivity index (χ0) is 52.2. The number of alkyl halides is 1. The molecule has 0 bridgehead atoms. The van der Waals surface area contributed by atoms with Crippen LogP contribution in [-0.2, 0) is 14.1 Å². The van der Waals surface area contributed by atoms with Crippen LogP contribution in [0.5, 0.6) is 0 Å². The van der Waals surface area contributed by atoms with Gasteiger partial charge in [-0.25, -0.2) is 13.6 Å². The summed E-state index contributed by atoms with van der Waals surface area (Å²) < 4.78 is 39.9. The van der Waals surface area contributed by atoms with Crippen LogP contribution in [0, 0.1) is 25.5 Å². The SMILES string of the molecule is CCCNC(=O)c1ccc([C@@H](CCC)[C@H](c2ccc(Cl)cc2)c2cn(C)c3c(F)cc(C)cc23)cc1.CCC[C@H](c1ccc(C(=O)O)cc1)[C@H](c1ccc(Cl)cc1)c1cn(C)c2c(F)cc(C)cc12.[2H]CI. The summed E-state index contributed by atoms with van der Waals surface area (Å²) in [5, 5.41) is 15.5. The van der Waals surface area contributed by atoms with Gasteiger partial charge in [0.05, 0.1) is 16.6 Å². The van der Waals surface area contributed by atoms with E-state index in [1.807, 2.05) is 140 Å². The Morgan fingerprint density at radius 2 is 0.986 bits per heavy atom. The summed E-state index contributed by atoms with van der Waals surface area (Å²) in [4.78, 5) is 24.3. The van der Waals surface area contributed by atoms with Crippen LogP contribution in [0.3, 0.4) is 0 Å². The number of carboxylic acids is 1. The van der Waals surface area contributed by atoms with Gasteiger partial charge < -0.3 is 19.6 Å². The maximum absolute atomic E-state index is 15.0. The summed E-state index contributed by atoms with van der Waals surface area (Å²) >= 11 is 14.4. The van der Waals surface area contributed by atoms with Gasteiger partial charge in [0.2, 0.25) is 0 Å². The van der Waals surface area contributed by atoms with E-state index >= 15 is 4.39 Å². The van der Waals surface area contributed by atoms with Crippen molar-refractivity contribution in [3.8, 4) is 0 Å². The van der Waals surface area contributed by atoms with E-state index in [2.05, 4.69) is 55.7 Å². The lowest BCUT2D eigenvalue weighted by atomic mass is 9.75. The average Bonchev–Trinajstić information content (AvgIpc) is 3.86. The molecule has 4 atom stereocenters. The first-order valence-electron chi connectivity index (χ1n) is 24.8. The summed E-state index contributed by atoms with van der Waals surface area (Å²) in [5.41, 5.74) is 10.5. The van der Waals surface area contributed by atoms with E-state index in [4.69, 9.17) is 24.6 Å². The molecule has 2 aromatic heterocycles. The van der Waals surface area contributed by atoms with Crippen LogP contribution in [0.1, 0.15) is 143 Å². The fourth-order valence-electron chi connectivity index (χ4n) is 10.2. The molecule has 6 aromatic carbocycles. The molecule has 11 heteroatoms. The minimum absolute atomic E-state index is 0.00751. The molecule has 0 aliphatic carbocycles. The number of hydrogen-bond acceptors (Lipinski definition) is 2. The van der Waals surface area contributed by atoms with Crippen molar-refractivity contribution >= 4 is 79.5 Å². The molecule has 1 amide bonds. The van der Waals surface area contributed by atoms with Crippen LogP contribution in [0.2, 0.25) is 10.0 Å². The van der Waals surface area contributed by atoms with Crippen molar-refractivity contribution in [1.29, 1.82) is 0 Å². The molecule has 2 heterocycles. The van der Waals surface area contributed by atoms with Crippen molar-refractivity contribution < 1.29 is 24.8 Å². The Kier molecular flexibility index (Phi) is 19.0. The van der Waals surface area contributed by atoms with Gasteiger partial charge in [-0.05, 0) is 167 Å². The molecule has 0 spiro atoms. The van der Waals surface area contributed by atoms with Crippen molar-refractivity contribution in [3.63, 3.8) is 0 Å². The van der Waals surface area contributed by atoms with E-state index in [0.29, 0.717) is 38.1 Å². The number of fused-ring (bicyclic) bond motifs is 2. The number of aryl methyl sites for hydroxylation is 4. The molecule has 0 saturated heterocycles. The van der Waals surface area contributed by atoms with Crippen LogP contribution in [0.25, 0.3) is 21.8 Å². The number of amides is 1. The number of nitrogens with one attached hydrogen (secondary N) is 1. The summed E-state index contributed by atoms with van der Waals surface area (Å²) in [7, 11) is 3.78. The second-order valence-electron chi connectivity index (χ2n) is 18.3. The van der Waals surface area contributed by atoms with Gasteiger partial charge in [0.25, 0.3) is 5.91 Å². The maximum atomic E-state index is 15.0. The summed E-state index contributed by atoms with van der Waals surface area (Å²) in [6, 6.07) is 38.2. The Morgan fingerprint density at radius 1 is 0.620 bits per heavy atom. The highest BCUT2D eigenvalue weighted by Crippen LogP contribution is 2.47. The van der Waals surface area contributed by atoms with Gasteiger partial charge in [0, 0.05) is 72.6 Å². The number of benzene rings is 6. The first-order valence-corrected chi connectivity index (χ1v) is 26.4. The largest absolute Gasteiger partial charge is 0.478 e. The van der Waals surface area contributed by atoms with Crippen LogP contribution in [0.15, 0.2) is 134 Å². The predicted octanol–water partition coefficient (Wildman–Crippen LogP) is 16.9. The lowest BCUT2D eigenvalue weighted by Crippen LogP contribution is -2.24. The molecule has 71 heavy (non-hydrogen) atoms. The van der Waals surface area contributed by atoms with Crippen LogP contribution < -0.4 is 5.32 Å². The highest BCUT2D eigenvalue weighted by molar-refractivity contribution is 14.1. The number of carbonyl (C=O) groups excluding carboxylic acids is 1. The Morgan fingerprint density at radius 3 is 1.34 bits per heavy atom. The first kappa shape index (κ1) is 53.3. The van der Waals surface area contributed by atoms with E-state index in [1.165, 1.54) is 0 Å². The zero-order valence-electron chi connectivity index (χ0n) is 42.5. The Bertz CT molecular complexity index is 3080. The molecule has 0 unspecified atom stereocenters. The minimum Gasteiger partial charge on any atom is -0.478 e. The number of hydrogen-bond donors (Lipinski definition) is 2. The smallest absolute Gasteiger partial charge is 0.335 e. The third kappa shape index (κ3) is 12.8. The number of carbonyl (C=O) groups is 2. The molecule has 0 saturated carbocycles. The van der Waals surface area contributed by atoms with Gasteiger partial charge in [-0.2, -0.15) is 0 Å². The van der Waals surface area contributed by atoms with Crippen LogP contribution in [-0.4, -0.2) is 37.6 Å². The van der Waals surface area contributed by atoms with Crippen LogP contribution >= 0.6 is 45.8 Å². The molecule has 2 N–H and O–H groups in total. The fourth-order valence-corrected chi connectivity index (χ4v) is 10.4. The van der Waals surface area contributed by atoms with E-state index in [-0.39, 0.29) is 46.8 Å². The van der Waals surface area contributed by atoms with Gasteiger partial charge in [-0.1, -0.05) is 128 Å². The van der Waals surface area contributed by atoms with Crippen molar-refractivity contribution in [2.45, 2.75) is 90.4 Å². The average molecular weight is 1110 g/mol. The number of nitrogens with zero attached hydrogens (tertiary/aromatic N) is 2. The summed E-state index contributed by atoms with van der Waals surface area (Å²) in [6.45, 7) is 10.9. The number of halogens is 5. The second-order valence-corrected chi connectivity index (χ2v) is 19.2. The molecular weight excluding hydrogens is 1050 g/mol. The number of carboxylic acid groups (broad SMARTS) is 1. The molecule has 0 aliphatic heterocycles. The fraction of sp³-hybridized carbons (Fsp3) is 0.300. The highest BCUT2D eigenvalue weighted by Gasteiger charge is 2.31. The van der Waals surface area contributed by atoms with Crippen molar-refractivity contribution in [2.75, 3.05) is 11.5 Å². The normalized spacial score (nSPS) is 13.0. The minimum atomic E-state index is -0.942. The molecule has 6 nitrogen and oxygen atoms in total. The van der Waals surface area contributed by atoms with Gasteiger partial charge in [-0.15, -0.1) is 0 Å². The first-order chi connectivity index (χ1) is 34.5. The number of aromatic carboxylic acids is 1. The summed E-state index contributed by atoms with van der Waals surface area (Å²) in [6.07, 6.45) is 8.78. The second kappa shape index (κ2) is 25.3. The third-order valence-electron chi connectivity index (χ3n) is 13.3. The highest BCUT2D eigenvalue weighted by atomic mass is 127. The van der Waals surface area contributed by atoms with Gasteiger partial charge >= 0.3 is 5.97 Å². The van der Waals surface area contributed by atoms with E-state index in [0.717, 1.165) is 87.4 Å². The van der Waals surface area contributed by atoms with Gasteiger partial charge in [0.1, 0.15) is 11.6 Å². The molecular formula is C60H64Cl2F2IN3O3. The maximum Gasteiger partial charge on any atom is 0.335 e. The monoisotopic (exact) mass is 1110 g/mol. The molecule has 8 aromatic rings. The van der Waals surface area contributed by atoms with Crippen molar-refractivity contribution in [1.82, 2.24) is 14.5 Å². The Balaban J connectivity index is 0.000000224. The van der Waals surface area contributed by atoms with Gasteiger partial charge in [-0.3, -0.25) is 4.79 Å². The number of rotatable bonds is 16. The van der Waals surface area contributed by atoms with Gasteiger partial charge in [0.15, 0.2) is 0 Å². The zero-order valence-corrected chi connectivity index (χ0v) is 45.2. The van der Waals surface area contributed by atoms with Crippen LogP contribution in [0.4, 0.5) is 8.78 Å². The molecule has 0 aliphatic rings. The number of aromatic nitrogens is 2. The van der Waals surface area contributed by atoms with E-state index in [1.54, 1.807) is 24.3 Å². The summed E-state index contributed by atoms with van der Waals surface area (Å²) in [5.74, 6) is -1.27. The molecule has 372 valence electrons. The predicted molar refractivity (Wildman–Crippen MR) is 300 cm³/mol. The standard InChI is InChI=1S/C31H34ClFN2O.C28H27ClFNO2.CH3I/c1-5-7-25(21-8-10-23(11-9-21)31(36)34-16-6-2)29(22-12-14-24(32)15-13-22)27-19-35(4)30-26(27)17-20(3)18-28(30)33;1-4-5-22(18-6-8-20(9-7-18)28(32)33)26(19-10-12-21(29)13-11-19)24-16-31(3)27-23(24)14-17(2)15-25(27)30;1-2/h8-15,17-19,25,29H,5-7,16H2,1-4H3,(H,34,36);6-16,22,26H,4-5H2,1-3H3,(H,32,33);1H3/t25-,29+;22-,26+;/m11./s1/i;;1D. The Labute approximate surface area is 443 Å². The lowest BCUT2D eigenvalue weighted by molar-refractivity contribution is 0.0696. The molecule has 0 fully saturated rings. The van der Waals surface area contributed by atoms with Crippen molar-refractivity contribution in [2.24, 2.45) is 14.1 Å². The van der Waals surface area contributed by atoms with Crippen molar-refractivity contribution in [3.05, 3.63) is 211 Å². The van der Waals surface area contributed by atoms with E-state index < -0.39 is 5.97 Å².